The molecule has 0 unspecified atom stereocenters. The van der Waals surface area contributed by atoms with Crippen molar-refractivity contribution in [2.75, 3.05) is 27.2 Å². The fourth-order valence-corrected chi connectivity index (χ4v) is 1.68. The normalized spacial score (nSPS) is 11.8. The first kappa shape index (κ1) is 17.9. The van der Waals surface area contributed by atoms with E-state index in [4.69, 9.17) is 5.73 Å². The smallest absolute Gasteiger partial charge is 0.239 e. The Hall–Kier alpha value is -1.10. The summed E-state index contributed by atoms with van der Waals surface area (Å²) in [6, 6.07) is 9.54. The highest BCUT2D eigenvalue weighted by molar-refractivity contribution is 5.85. The standard InChI is InChI=1S/C14H23N3O.ClH/c1-12(15)14(18)17(10-9-16(2)3)11-13-7-5-4-6-8-13;/h4-8,12H,9-11,15H2,1-3H3;1H/t12-;/m0./s1. The van der Waals surface area contributed by atoms with Gasteiger partial charge in [-0.1, -0.05) is 30.3 Å². The van der Waals surface area contributed by atoms with Gasteiger partial charge in [-0.2, -0.15) is 0 Å². The van der Waals surface area contributed by atoms with Crippen LogP contribution in [0.1, 0.15) is 12.5 Å². The highest BCUT2D eigenvalue weighted by atomic mass is 35.5. The van der Waals surface area contributed by atoms with Gasteiger partial charge in [-0.15, -0.1) is 12.4 Å². The molecule has 2 N–H and O–H groups in total. The van der Waals surface area contributed by atoms with Crippen LogP contribution in [0, 0.1) is 0 Å². The van der Waals surface area contributed by atoms with Gasteiger partial charge in [0, 0.05) is 19.6 Å². The van der Waals surface area contributed by atoms with E-state index in [-0.39, 0.29) is 18.3 Å². The van der Waals surface area contributed by atoms with E-state index in [0.717, 1.165) is 12.1 Å². The lowest BCUT2D eigenvalue weighted by atomic mass is 10.2. The van der Waals surface area contributed by atoms with Gasteiger partial charge >= 0.3 is 0 Å². The third-order valence-corrected chi connectivity index (χ3v) is 2.73. The average Bonchev–Trinajstić information content (AvgIpc) is 2.34. The second-order valence-corrected chi connectivity index (χ2v) is 4.84. The molecule has 1 rings (SSSR count). The van der Waals surface area contributed by atoms with E-state index in [1.54, 1.807) is 6.92 Å². The van der Waals surface area contributed by atoms with Crippen molar-refractivity contribution >= 4 is 18.3 Å². The molecule has 1 aromatic carbocycles. The Morgan fingerprint density at radius 1 is 1.21 bits per heavy atom. The molecule has 0 saturated carbocycles. The van der Waals surface area contributed by atoms with Crippen LogP contribution in [-0.4, -0.2) is 48.9 Å². The number of carbonyl (C=O) groups is 1. The molecule has 0 aliphatic rings. The number of nitrogens with two attached hydrogens (primary N) is 1. The Labute approximate surface area is 122 Å². The lowest BCUT2D eigenvalue weighted by Gasteiger charge is -2.26. The molecular weight excluding hydrogens is 262 g/mol. The molecule has 0 heterocycles. The second kappa shape index (κ2) is 8.91. The van der Waals surface area contributed by atoms with Crippen LogP contribution in [0.25, 0.3) is 0 Å². The number of hydrogen-bond acceptors (Lipinski definition) is 3. The number of nitrogens with zero attached hydrogens (tertiary/aromatic N) is 2. The molecule has 1 amide bonds. The average molecular weight is 286 g/mol. The van der Waals surface area contributed by atoms with Crippen LogP contribution in [0.2, 0.25) is 0 Å². The van der Waals surface area contributed by atoms with E-state index in [9.17, 15) is 4.79 Å². The minimum Gasteiger partial charge on any atom is -0.336 e. The monoisotopic (exact) mass is 285 g/mol. The van der Waals surface area contributed by atoms with Gasteiger partial charge in [-0.3, -0.25) is 4.79 Å². The van der Waals surface area contributed by atoms with Crippen molar-refractivity contribution in [1.29, 1.82) is 0 Å². The number of halogens is 1. The van der Waals surface area contributed by atoms with Crippen molar-refractivity contribution in [3.05, 3.63) is 35.9 Å². The van der Waals surface area contributed by atoms with E-state index in [0.29, 0.717) is 13.1 Å². The number of carbonyl (C=O) groups excluding carboxylic acids is 1. The Balaban J connectivity index is 0.00000324. The highest BCUT2D eigenvalue weighted by Gasteiger charge is 2.17. The summed E-state index contributed by atoms with van der Waals surface area (Å²) in [6.07, 6.45) is 0. The predicted octanol–water partition coefficient (Wildman–Crippen LogP) is 1.35. The van der Waals surface area contributed by atoms with E-state index < -0.39 is 6.04 Å². The third-order valence-electron chi connectivity index (χ3n) is 2.73. The quantitative estimate of drug-likeness (QED) is 0.858. The maximum Gasteiger partial charge on any atom is 0.239 e. The molecule has 0 aliphatic carbocycles. The molecule has 19 heavy (non-hydrogen) atoms. The van der Waals surface area contributed by atoms with Gasteiger partial charge in [-0.05, 0) is 26.6 Å². The number of hydrogen-bond donors (Lipinski definition) is 1. The van der Waals surface area contributed by atoms with Gasteiger partial charge in [0.2, 0.25) is 5.91 Å². The molecule has 108 valence electrons. The molecule has 0 aliphatic heterocycles. The molecular formula is C14H24ClN3O. The maximum absolute atomic E-state index is 12.0. The Morgan fingerprint density at radius 3 is 2.26 bits per heavy atom. The van der Waals surface area contributed by atoms with Crippen molar-refractivity contribution in [2.24, 2.45) is 5.73 Å². The van der Waals surface area contributed by atoms with Crippen molar-refractivity contribution in [2.45, 2.75) is 19.5 Å². The summed E-state index contributed by atoms with van der Waals surface area (Å²) >= 11 is 0. The van der Waals surface area contributed by atoms with Crippen molar-refractivity contribution in [3.63, 3.8) is 0 Å². The van der Waals surface area contributed by atoms with Crippen molar-refractivity contribution in [1.82, 2.24) is 9.80 Å². The van der Waals surface area contributed by atoms with Crippen LogP contribution in [0.3, 0.4) is 0 Å². The molecule has 1 atom stereocenters. The van der Waals surface area contributed by atoms with Gasteiger partial charge in [0.1, 0.15) is 0 Å². The topological polar surface area (TPSA) is 49.6 Å². The van der Waals surface area contributed by atoms with Gasteiger partial charge in [0.05, 0.1) is 6.04 Å². The highest BCUT2D eigenvalue weighted by Crippen LogP contribution is 2.05. The minimum atomic E-state index is -0.448. The van der Waals surface area contributed by atoms with Crippen molar-refractivity contribution in [3.8, 4) is 0 Å². The zero-order chi connectivity index (χ0) is 13.5. The summed E-state index contributed by atoms with van der Waals surface area (Å²) in [7, 11) is 3.99. The van der Waals surface area contributed by atoms with Gasteiger partial charge < -0.3 is 15.5 Å². The summed E-state index contributed by atoms with van der Waals surface area (Å²) in [5.41, 5.74) is 6.82. The first-order valence-electron chi connectivity index (χ1n) is 6.23. The molecule has 0 radical (unpaired) electrons. The zero-order valence-electron chi connectivity index (χ0n) is 11.9. The van der Waals surface area contributed by atoms with Crippen LogP contribution in [-0.2, 0) is 11.3 Å². The van der Waals surface area contributed by atoms with Crippen molar-refractivity contribution < 1.29 is 4.79 Å². The zero-order valence-corrected chi connectivity index (χ0v) is 12.7. The van der Waals surface area contributed by atoms with Gasteiger partial charge in [-0.25, -0.2) is 0 Å². The SMILES string of the molecule is C[C@H](N)C(=O)N(CCN(C)C)Cc1ccccc1.Cl. The summed E-state index contributed by atoms with van der Waals surface area (Å²) in [5, 5.41) is 0. The van der Waals surface area contributed by atoms with E-state index in [1.165, 1.54) is 0 Å². The molecule has 0 fully saturated rings. The van der Waals surface area contributed by atoms with Crippen LogP contribution >= 0.6 is 12.4 Å². The summed E-state index contributed by atoms with van der Waals surface area (Å²) in [4.78, 5) is 15.9. The van der Waals surface area contributed by atoms with Gasteiger partial charge in [0.25, 0.3) is 0 Å². The maximum atomic E-state index is 12.0. The van der Waals surface area contributed by atoms with E-state index >= 15 is 0 Å². The molecule has 4 nitrogen and oxygen atoms in total. The summed E-state index contributed by atoms with van der Waals surface area (Å²) in [5.74, 6) is 0.000651. The molecule has 0 saturated heterocycles. The first-order valence-corrected chi connectivity index (χ1v) is 6.23. The lowest BCUT2D eigenvalue weighted by Crippen LogP contribution is -2.44. The number of likely N-dealkylation sites (N-methyl/N-ethyl adjacent to an activating group) is 1. The van der Waals surface area contributed by atoms with Crippen LogP contribution in [0.4, 0.5) is 0 Å². The fraction of sp³-hybridized carbons (Fsp3) is 0.500. The lowest BCUT2D eigenvalue weighted by molar-refractivity contribution is -0.133. The summed E-state index contributed by atoms with van der Waals surface area (Å²) in [6.45, 7) is 3.89. The Bertz CT molecular complexity index is 368. The predicted molar refractivity (Wildman–Crippen MR) is 81.3 cm³/mol. The summed E-state index contributed by atoms with van der Waals surface area (Å²) < 4.78 is 0. The minimum absolute atomic E-state index is 0. The van der Waals surface area contributed by atoms with Gasteiger partial charge in [0.15, 0.2) is 0 Å². The molecule has 5 heteroatoms. The molecule has 0 spiro atoms. The molecule has 0 bridgehead atoms. The number of rotatable bonds is 6. The number of benzene rings is 1. The Kier molecular flexibility index (Phi) is 8.39. The molecule has 1 aromatic rings. The Morgan fingerprint density at radius 2 is 1.79 bits per heavy atom. The third kappa shape index (κ3) is 6.57. The largest absolute Gasteiger partial charge is 0.336 e. The second-order valence-electron chi connectivity index (χ2n) is 4.84. The van der Waals surface area contributed by atoms with Crippen LogP contribution in [0.15, 0.2) is 30.3 Å². The number of amides is 1. The van der Waals surface area contributed by atoms with Crippen LogP contribution in [0.5, 0.6) is 0 Å². The molecule has 0 aromatic heterocycles. The van der Waals surface area contributed by atoms with Crippen LogP contribution < -0.4 is 5.73 Å². The van der Waals surface area contributed by atoms with E-state index in [1.807, 2.05) is 49.3 Å². The fourth-order valence-electron chi connectivity index (χ4n) is 1.68. The first-order chi connectivity index (χ1) is 8.50. The van der Waals surface area contributed by atoms with E-state index in [2.05, 4.69) is 4.90 Å².